The van der Waals surface area contributed by atoms with E-state index in [1.807, 2.05) is 0 Å². The van der Waals surface area contributed by atoms with E-state index in [-0.39, 0.29) is 0 Å². The molecule has 0 heteroatoms. The molecule has 1 aliphatic carbocycles. The van der Waals surface area contributed by atoms with Gasteiger partial charge in [-0.3, -0.25) is 0 Å². The van der Waals surface area contributed by atoms with E-state index in [1.54, 1.807) is 5.57 Å². The second-order valence-electron chi connectivity index (χ2n) is 7.82. The monoisotopic (exact) mass is 338 g/mol. The van der Waals surface area contributed by atoms with E-state index in [2.05, 4.69) is 93.6 Å². The van der Waals surface area contributed by atoms with E-state index in [4.69, 9.17) is 0 Å². The minimum atomic E-state index is 0.700. The Labute approximate surface area is 157 Å². The number of aryl methyl sites for hydroxylation is 1. The molecule has 3 aromatic carbocycles. The van der Waals surface area contributed by atoms with Crippen LogP contribution in [-0.4, -0.2) is 0 Å². The van der Waals surface area contributed by atoms with E-state index in [0.717, 1.165) is 6.42 Å². The third-order valence-corrected chi connectivity index (χ3v) is 5.27. The molecule has 0 atom stereocenters. The molecule has 0 nitrogen and oxygen atoms in total. The number of hydrogen-bond acceptors (Lipinski definition) is 0. The largest absolute Gasteiger partial charge is 0.0649 e. The van der Waals surface area contributed by atoms with Gasteiger partial charge in [-0.2, -0.15) is 0 Å². The summed E-state index contributed by atoms with van der Waals surface area (Å²) in [5.74, 6) is 0.700. The summed E-state index contributed by atoms with van der Waals surface area (Å²) in [6, 6.07) is 24.2. The molecule has 0 amide bonds. The Bertz CT molecular complexity index is 959. The van der Waals surface area contributed by atoms with Gasteiger partial charge in [0.15, 0.2) is 0 Å². The highest BCUT2D eigenvalue weighted by Gasteiger charge is 2.21. The lowest BCUT2D eigenvalue weighted by Crippen LogP contribution is -1.94. The van der Waals surface area contributed by atoms with Crippen molar-refractivity contribution >= 4 is 6.08 Å². The van der Waals surface area contributed by atoms with Crippen molar-refractivity contribution in [2.45, 2.75) is 33.6 Å². The van der Waals surface area contributed by atoms with Crippen molar-refractivity contribution in [3.8, 4) is 22.3 Å². The molecule has 0 bridgehead atoms. The van der Waals surface area contributed by atoms with Gasteiger partial charge in [0, 0.05) is 0 Å². The smallest absolute Gasteiger partial charge is 0.00273 e. The van der Waals surface area contributed by atoms with Crippen molar-refractivity contribution in [2.75, 3.05) is 0 Å². The summed E-state index contributed by atoms with van der Waals surface area (Å²) in [6.45, 7) is 6.83. The number of allylic oxidation sites excluding steroid dienone is 1. The molecule has 0 unspecified atom stereocenters. The van der Waals surface area contributed by atoms with Crippen molar-refractivity contribution in [2.24, 2.45) is 5.92 Å². The normalized spacial score (nSPS) is 13.0. The van der Waals surface area contributed by atoms with E-state index < -0.39 is 0 Å². The third-order valence-electron chi connectivity index (χ3n) is 5.27. The summed E-state index contributed by atoms with van der Waals surface area (Å²) >= 11 is 0. The zero-order chi connectivity index (χ0) is 18.1. The number of rotatable bonds is 4. The first kappa shape index (κ1) is 16.8. The van der Waals surface area contributed by atoms with Crippen LogP contribution in [0.5, 0.6) is 0 Å². The van der Waals surface area contributed by atoms with Crippen molar-refractivity contribution < 1.29 is 0 Å². The maximum absolute atomic E-state index is 2.46. The van der Waals surface area contributed by atoms with Gasteiger partial charge in [-0.15, -0.1) is 0 Å². The van der Waals surface area contributed by atoms with Gasteiger partial charge in [-0.1, -0.05) is 92.2 Å². The average molecular weight is 338 g/mol. The molecule has 0 N–H and O–H groups in total. The Morgan fingerprint density at radius 2 is 1.54 bits per heavy atom. The predicted molar refractivity (Wildman–Crippen MR) is 113 cm³/mol. The van der Waals surface area contributed by atoms with Crippen LogP contribution in [-0.2, 0) is 6.42 Å². The highest BCUT2D eigenvalue weighted by Crippen LogP contribution is 2.42. The van der Waals surface area contributed by atoms with Crippen LogP contribution < -0.4 is 0 Å². The van der Waals surface area contributed by atoms with Gasteiger partial charge >= 0.3 is 0 Å². The van der Waals surface area contributed by atoms with Crippen LogP contribution in [0.1, 0.15) is 37.0 Å². The van der Waals surface area contributed by atoms with Crippen molar-refractivity contribution in [3.05, 3.63) is 89.0 Å². The average Bonchev–Trinajstić information content (AvgIpc) is 3.04. The van der Waals surface area contributed by atoms with Gasteiger partial charge in [0.2, 0.25) is 0 Å². The molecule has 0 heterocycles. The summed E-state index contributed by atoms with van der Waals surface area (Å²) in [4.78, 5) is 0. The highest BCUT2D eigenvalue weighted by atomic mass is 14.3. The summed E-state index contributed by atoms with van der Waals surface area (Å²) in [7, 11) is 0. The maximum atomic E-state index is 2.46. The van der Waals surface area contributed by atoms with Gasteiger partial charge in [-0.25, -0.2) is 0 Å². The second kappa shape index (κ2) is 6.96. The first-order valence-corrected chi connectivity index (χ1v) is 9.60. The molecule has 0 saturated carbocycles. The molecular formula is C26H26. The molecule has 0 spiro atoms. The maximum Gasteiger partial charge on any atom is -0.00273 e. The minimum absolute atomic E-state index is 0.700. The van der Waals surface area contributed by atoms with Crippen LogP contribution in [0.3, 0.4) is 0 Å². The summed E-state index contributed by atoms with van der Waals surface area (Å²) < 4.78 is 0. The molecule has 4 rings (SSSR count). The number of benzene rings is 3. The molecule has 0 aliphatic heterocycles. The van der Waals surface area contributed by atoms with E-state index in [0.29, 0.717) is 5.92 Å². The minimum Gasteiger partial charge on any atom is -0.0649 e. The van der Waals surface area contributed by atoms with Crippen LogP contribution >= 0.6 is 0 Å². The first-order valence-electron chi connectivity index (χ1n) is 9.60. The molecule has 26 heavy (non-hydrogen) atoms. The first-order chi connectivity index (χ1) is 12.6. The molecule has 3 aromatic rings. The van der Waals surface area contributed by atoms with Crippen molar-refractivity contribution in [3.63, 3.8) is 0 Å². The van der Waals surface area contributed by atoms with E-state index in [9.17, 15) is 0 Å². The van der Waals surface area contributed by atoms with Gasteiger partial charge in [-0.05, 0) is 64.6 Å². The van der Waals surface area contributed by atoms with Crippen LogP contribution in [0.25, 0.3) is 28.3 Å². The molecule has 0 aromatic heterocycles. The summed E-state index contributed by atoms with van der Waals surface area (Å²) in [5, 5.41) is 0. The van der Waals surface area contributed by atoms with Gasteiger partial charge in [0.05, 0.1) is 0 Å². The van der Waals surface area contributed by atoms with Crippen molar-refractivity contribution in [1.82, 2.24) is 0 Å². The number of fused-ring (bicyclic) bond motifs is 1. The fraction of sp³-hybridized carbons (Fsp3) is 0.231. The molecule has 1 aliphatic rings. The van der Waals surface area contributed by atoms with E-state index in [1.165, 1.54) is 45.4 Å². The molecule has 0 fully saturated rings. The summed E-state index contributed by atoms with van der Waals surface area (Å²) in [6.07, 6.45) is 4.74. The van der Waals surface area contributed by atoms with Crippen LogP contribution in [0.15, 0.2) is 72.3 Å². The molecule has 130 valence electrons. The zero-order valence-corrected chi connectivity index (χ0v) is 15.9. The third kappa shape index (κ3) is 3.12. The fourth-order valence-corrected chi connectivity index (χ4v) is 4.14. The van der Waals surface area contributed by atoms with Crippen molar-refractivity contribution in [1.29, 1.82) is 0 Å². The summed E-state index contributed by atoms with van der Waals surface area (Å²) in [5.41, 5.74) is 11.2. The Morgan fingerprint density at radius 3 is 2.27 bits per heavy atom. The topological polar surface area (TPSA) is 0 Å². The van der Waals surface area contributed by atoms with Gasteiger partial charge in [0.1, 0.15) is 0 Å². The Balaban J connectivity index is 1.96. The highest BCUT2D eigenvalue weighted by molar-refractivity contribution is 5.93. The Morgan fingerprint density at radius 1 is 0.808 bits per heavy atom. The lowest BCUT2D eigenvalue weighted by Gasteiger charge is -2.17. The van der Waals surface area contributed by atoms with Crippen LogP contribution in [0, 0.1) is 12.8 Å². The van der Waals surface area contributed by atoms with Gasteiger partial charge < -0.3 is 0 Å². The Hall–Kier alpha value is -2.60. The van der Waals surface area contributed by atoms with Crippen LogP contribution in [0.2, 0.25) is 0 Å². The SMILES string of the molecule is Cc1ccccc1-c1c(-c2ccccc2)ccc2c1C=C(CC(C)C)C2. The van der Waals surface area contributed by atoms with Crippen LogP contribution in [0.4, 0.5) is 0 Å². The molecular weight excluding hydrogens is 312 g/mol. The molecule has 0 radical (unpaired) electrons. The fourth-order valence-electron chi connectivity index (χ4n) is 4.14. The standard InChI is InChI=1S/C26H26/c1-18(2)15-20-16-22-13-14-24(21-10-5-4-6-11-21)26(25(22)17-20)23-12-8-7-9-19(23)3/h4-14,17-18H,15-16H2,1-3H3. The second-order valence-corrected chi connectivity index (χ2v) is 7.82. The van der Waals surface area contributed by atoms with E-state index >= 15 is 0 Å². The number of hydrogen-bond donors (Lipinski definition) is 0. The predicted octanol–water partition coefficient (Wildman–Crippen LogP) is 7.31. The quantitative estimate of drug-likeness (QED) is 0.467. The Kier molecular flexibility index (Phi) is 4.51. The zero-order valence-electron chi connectivity index (χ0n) is 15.9. The lowest BCUT2D eigenvalue weighted by molar-refractivity contribution is 0.638. The van der Waals surface area contributed by atoms with Gasteiger partial charge in [0.25, 0.3) is 0 Å². The lowest BCUT2D eigenvalue weighted by atomic mass is 9.87. The molecule has 0 saturated heterocycles.